The Labute approximate surface area is 110 Å². The maximum Gasteiger partial charge on any atom is 0.222 e. The first-order valence-electron chi connectivity index (χ1n) is 6.62. The number of carbonyl (C=O) groups is 1. The largest absolute Gasteiger partial charge is 0.341 e. The zero-order chi connectivity index (χ0) is 13.8. The molecule has 0 saturated carbocycles. The summed E-state index contributed by atoms with van der Waals surface area (Å²) in [4.78, 5) is 13.7. The Bertz CT molecular complexity index is 379. The van der Waals surface area contributed by atoms with Crippen molar-refractivity contribution in [3.05, 3.63) is 0 Å². The Kier molecular flexibility index (Phi) is 5.59. The number of rotatable bonds is 4. The van der Waals surface area contributed by atoms with Crippen LogP contribution in [0.1, 0.15) is 33.6 Å². The highest BCUT2D eigenvalue weighted by Crippen LogP contribution is 2.11. The number of amides is 1. The summed E-state index contributed by atoms with van der Waals surface area (Å²) in [5.74, 6) is 0.615. The minimum absolute atomic E-state index is 0.132. The summed E-state index contributed by atoms with van der Waals surface area (Å²) in [6.07, 6.45) is 1.27. The molecule has 0 aromatic heterocycles. The van der Waals surface area contributed by atoms with E-state index in [1.165, 1.54) is 4.31 Å². The van der Waals surface area contributed by atoms with Crippen molar-refractivity contribution in [1.29, 1.82) is 0 Å². The van der Waals surface area contributed by atoms with Crippen LogP contribution in [0.2, 0.25) is 0 Å². The molecule has 1 aliphatic rings. The fraction of sp³-hybridized carbons (Fsp3) is 0.917. The molecule has 1 aliphatic heterocycles. The molecule has 5 nitrogen and oxygen atoms in total. The number of carbonyl (C=O) groups excluding carboxylic acids is 1. The first kappa shape index (κ1) is 15.4. The molecular weight excluding hydrogens is 252 g/mol. The third-order valence-corrected chi connectivity index (χ3v) is 5.03. The van der Waals surface area contributed by atoms with Gasteiger partial charge >= 0.3 is 0 Å². The molecule has 1 saturated heterocycles. The third kappa shape index (κ3) is 4.24. The summed E-state index contributed by atoms with van der Waals surface area (Å²) in [6, 6.07) is 0. The Hall–Kier alpha value is -0.620. The fourth-order valence-corrected chi connectivity index (χ4v) is 3.21. The maximum atomic E-state index is 11.9. The van der Waals surface area contributed by atoms with Gasteiger partial charge in [0.05, 0.1) is 5.75 Å². The van der Waals surface area contributed by atoms with E-state index in [1.54, 1.807) is 11.8 Å². The standard InChI is InChI=1S/C12H24N2O3S/c1-4-18(16,17)14-7-5-6-13(8-9-14)12(15)10-11(2)3/h11H,4-10H2,1-3H3. The van der Waals surface area contributed by atoms with E-state index in [9.17, 15) is 13.2 Å². The first-order chi connectivity index (χ1) is 8.36. The van der Waals surface area contributed by atoms with Crippen molar-refractivity contribution in [2.75, 3.05) is 31.9 Å². The second-order valence-corrected chi connectivity index (χ2v) is 7.39. The summed E-state index contributed by atoms with van der Waals surface area (Å²) >= 11 is 0. The summed E-state index contributed by atoms with van der Waals surface area (Å²) < 4.78 is 25.1. The molecule has 0 atom stereocenters. The van der Waals surface area contributed by atoms with Crippen LogP contribution in [0.25, 0.3) is 0 Å². The fourth-order valence-electron chi connectivity index (χ4n) is 2.08. The van der Waals surface area contributed by atoms with Gasteiger partial charge in [0.15, 0.2) is 0 Å². The van der Waals surface area contributed by atoms with Gasteiger partial charge in [0, 0.05) is 32.6 Å². The zero-order valence-electron chi connectivity index (χ0n) is 11.6. The van der Waals surface area contributed by atoms with Gasteiger partial charge in [0.25, 0.3) is 0 Å². The Morgan fingerprint density at radius 3 is 2.39 bits per heavy atom. The molecule has 18 heavy (non-hydrogen) atoms. The van der Waals surface area contributed by atoms with E-state index in [2.05, 4.69) is 0 Å². The Morgan fingerprint density at radius 2 is 1.83 bits per heavy atom. The van der Waals surface area contributed by atoms with E-state index in [4.69, 9.17) is 0 Å². The predicted octanol–water partition coefficient (Wildman–Crippen LogP) is 0.916. The van der Waals surface area contributed by atoms with Crippen molar-refractivity contribution in [3.8, 4) is 0 Å². The highest BCUT2D eigenvalue weighted by atomic mass is 32.2. The average molecular weight is 276 g/mol. The molecule has 0 aliphatic carbocycles. The summed E-state index contributed by atoms with van der Waals surface area (Å²) in [5, 5.41) is 0. The molecule has 1 rings (SSSR count). The molecule has 0 spiro atoms. The molecule has 6 heteroatoms. The van der Waals surface area contributed by atoms with Crippen LogP contribution >= 0.6 is 0 Å². The molecule has 1 fully saturated rings. The quantitative estimate of drug-likeness (QED) is 0.767. The van der Waals surface area contributed by atoms with E-state index < -0.39 is 10.0 Å². The van der Waals surface area contributed by atoms with Crippen molar-refractivity contribution in [3.63, 3.8) is 0 Å². The van der Waals surface area contributed by atoms with Crippen LogP contribution in [0.4, 0.5) is 0 Å². The van der Waals surface area contributed by atoms with Gasteiger partial charge in [-0.25, -0.2) is 12.7 Å². The minimum Gasteiger partial charge on any atom is -0.341 e. The monoisotopic (exact) mass is 276 g/mol. The third-order valence-electron chi connectivity index (χ3n) is 3.15. The van der Waals surface area contributed by atoms with Crippen LogP contribution < -0.4 is 0 Å². The Morgan fingerprint density at radius 1 is 1.17 bits per heavy atom. The number of sulfonamides is 1. The molecule has 0 N–H and O–H groups in total. The van der Waals surface area contributed by atoms with Gasteiger partial charge in [-0.3, -0.25) is 4.79 Å². The van der Waals surface area contributed by atoms with Gasteiger partial charge in [-0.15, -0.1) is 0 Å². The highest BCUT2D eigenvalue weighted by molar-refractivity contribution is 7.89. The highest BCUT2D eigenvalue weighted by Gasteiger charge is 2.25. The average Bonchev–Trinajstić information content (AvgIpc) is 2.53. The second kappa shape index (κ2) is 6.52. The Balaban J connectivity index is 2.59. The molecule has 0 bridgehead atoms. The summed E-state index contributed by atoms with van der Waals surface area (Å²) in [7, 11) is -3.12. The molecule has 1 amide bonds. The van der Waals surface area contributed by atoms with Crippen LogP contribution in [0.5, 0.6) is 0 Å². The predicted molar refractivity (Wildman–Crippen MR) is 71.7 cm³/mol. The lowest BCUT2D eigenvalue weighted by Gasteiger charge is -2.22. The molecule has 0 aromatic rings. The molecule has 0 unspecified atom stereocenters. The van der Waals surface area contributed by atoms with E-state index in [0.717, 1.165) is 6.42 Å². The number of nitrogens with zero attached hydrogens (tertiary/aromatic N) is 2. The van der Waals surface area contributed by atoms with Crippen LogP contribution in [0.15, 0.2) is 0 Å². The van der Waals surface area contributed by atoms with Crippen molar-refractivity contribution < 1.29 is 13.2 Å². The second-order valence-electron chi connectivity index (χ2n) is 5.13. The SMILES string of the molecule is CCS(=O)(=O)N1CCCN(C(=O)CC(C)C)CC1. The number of hydrogen-bond donors (Lipinski definition) is 0. The van der Waals surface area contributed by atoms with Gasteiger partial charge < -0.3 is 4.90 Å². The van der Waals surface area contributed by atoms with E-state index in [1.807, 2.05) is 13.8 Å². The van der Waals surface area contributed by atoms with E-state index in [0.29, 0.717) is 38.5 Å². The number of hydrogen-bond acceptors (Lipinski definition) is 3. The minimum atomic E-state index is -3.12. The lowest BCUT2D eigenvalue weighted by Crippen LogP contribution is -2.38. The smallest absolute Gasteiger partial charge is 0.222 e. The van der Waals surface area contributed by atoms with Crippen molar-refractivity contribution in [2.45, 2.75) is 33.6 Å². The van der Waals surface area contributed by atoms with Gasteiger partial charge in [-0.1, -0.05) is 13.8 Å². The molecule has 0 aromatic carbocycles. The molecule has 0 radical (unpaired) electrons. The summed E-state index contributed by atoms with van der Waals surface area (Å²) in [5.41, 5.74) is 0. The topological polar surface area (TPSA) is 57.7 Å². The van der Waals surface area contributed by atoms with Crippen LogP contribution in [-0.4, -0.2) is 55.5 Å². The molecular formula is C12H24N2O3S. The lowest BCUT2D eigenvalue weighted by molar-refractivity contribution is -0.131. The van der Waals surface area contributed by atoms with E-state index >= 15 is 0 Å². The van der Waals surface area contributed by atoms with Gasteiger partial charge in [-0.2, -0.15) is 0 Å². The van der Waals surface area contributed by atoms with Gasteiger partial charge in [0.1, 0.15) is 0 Å². The van der Waals surface area contributed by atoms with Gasteiger partial charge in [-0.05, 0) is 19.3 Å². The van der Waals surface area contributed by atoms with Crippen molar-refractivity contribution in [1.82, 2.24) is 9.21 Å². The van der Waals surface area contributed by atoms with Crippen LogP contribution in [0, 0.1) is 5.92 Å². The van der Waals surface area contributed by atoms with Crippen molar-refractivity contribution >= 4 is 15.9 Å². The molecule has 106 valence electrons. The summed E-state index contributed by atoms with van der Waals surface area (Å²) in [6.45, 7) is 7.84. The van der Waals surface area contributed by atoms with E-state index in [-0.39, 0.29) is 11.7 Å². The lowest BCUT2D eigenvalue weighted by atomic mass is 10.1. The normalized spacial score (nSPS) is 19.0. The van der Waals surface area contributed by atoms with Crippen LogP contribution in [-0.2, 0) is 14.8 Å². The maximum absolute atomic E-state index is 11.9. The van der Waals surface area contributed by atoms with Crippen molar-refractivity contribution in [2.24, 2.45) is 5.92 Å². The first-order valence-corrected chi connectivity index (χ1v) is 8.23. The zero-order valence-corrected chi connectivity index (χ0v) is 12.4. The molecule has 1 heterocycles. The van der Waals surface area contributed by atoms with Gasteiger partial charge in [0.2, 0.25) is 15.9 Å². The van der Waals surface area contributed by atoms with Crippen LogP contribution in [0.3, 0.4) is 0 Å².